The molecule has 0 spiro atoms. The molecule has 0 aromatic carbocycles. The van der Waals surface area contributed by atoms with E-state index in [0.717, 1.165) is 29.8 Å². The topological polar surface area (TPSA) is 93.4 Å². The second kappa shape index (κ2) is 8.06. The summed E-state index contributed by atoms with van der Waals surface area (Å²) in [5, 5.41) is 4.20. The molecule has 1 unspecified atom stereocenters. The number of Topliss-reactive ketones (excluding diaryl/α,β-unsaturated/α-hetero) is 1. The molecule has 0 saturated carbocycles. The Morgan fingerprint density at radius 3 is 2.86 bits per heavy atom. The Balaban J connectivity index is 1.42. The molecule has 3 aromatic rings. The first-order valence-electron chi connectivity index (χ1n) is 9.93. The van der Waals surface area contributed by atoms with Gasteiger partial charge in [-0.2, -0.15) is 10.1 Å². The Morgan fingerprint density at radius 1 is 1.21 bits per heavy atom. The number of rotatable bonds is 5. The largest absolute Gasteiger partial charge is 0.342 e. The summed E-state index contributed by atoms with van der Waals surface area (Å²) in [4.78, 5) is 40.2. The molecule has 1 saturated heterocycles. The molecule has 0 radical (unpaired) electrons. The molecule has 0 bridgehead atoms. The number of aryl methyl sites for hydroxylation is 2. The lowest BCUT2D eigenvalue weighted by Gasteiger charge is -2.32. The van der Waals surface area contributed by atoms with Crippen LogP contribution < -0.4 is 0 Å². The molecule has 1 amide bonds. The first-order valence-corrected chi connectivity index (χ1v) is 9.93. The summed E-state index contributed by atoms with van der Waals surface area (Å²) in [6, 6.07) is 5.35. The van der Waals surface area contributed by atoms with Crippen LogP contribution in [0.15, 0.2) is 30.7 Å². The van der Waals surface area contributed by atoms with Gasteiger partial charge in [0.25, 0.3) is 5.78 Å². The minimum absolute atomic E-state index is 0.0237. The average Bonchev–Trinajstić information content (AvgIpc) is 3.22. The second-order valence-corrected chi connectivity index (χ2v) is 7.49. The van der Waals surface area contributed by atoms with Crippen molar-refractivity contribution >= 4 is 17.5 Å². The second-order valence-electron chi connectivity index (χ2n) is 7.49. The Bertz CT molecular complexity index is 1050. The van der Waals surface area contributed by atoms with Crippen molar-refractivity contribution in [2.24, 2.45) is 5.92 Å². The normalized spacial score (nSPS) is 16.9. The molecule has 8 nitrogen and oxygen atoms in total. The lowest BCUT2D eigenvalue weighted by Crippen LogP contribution is -2.42. The molecular weight excluding hydrogens is 368 g/mol. The summed E-state index contributed by atoms with van der Waals surface area (Å²) in [6.07, 6.45) is 5.71. The number of piperidine rings is 1. The molecule has 29 heavy (non-hydrogen) atoms. The number of carbonyl (C=O) groups excluding carboxylic acids is 2. The highest BCUT2D eigenvalue weighted by Crippen LogP contribution is 2.22. The van der Waals surface area contributed by atoms with E-state index in [1.807, 2.05) is 24.8 Å². The van der Waals surface area contributed by atoms with Crippen molar-refractivity contribution < 1.29 is 9.59 Å². The molecule has 8 heteroatoms. The highest BCUT2D eigenvalue weighted by Gasteiger charge is 2.29. The molecule has 3 aromatic heterocycles. The molecule has 1 fully saturated rings. The van der Waals surface area contributed by atoms with Crippen molar-refractivity contribution in [3.05, 3.63) is 53.4 Å². The number of likely N-dealkylation sites (tertiary alicyclic amines) is 1. The molecule has 1 aliphatic heterocycles. The Hall–Kier alpha value is -3.16. The van der Waals surface area contributed by atoms with Gasteiger partial charge in [0.05, 0.1) is 0 Å². The van der Waals surface area contributed by atoms with E-state index in [2.05, 4.69) is 20.1 Å². The molecule has 4 rings (SSSR count). The van der Waals surface area contributed by atoms with Crippen molar-refractivity contribution in [1.29, 1.82) is 0 Å². The Labute approximate surface area is 169 Å². The van der Waals surface area contributed by atoms with Gasteiger partial charge < -0.3 is 4.90 Å². The standard InChI is InChI=1S/C21H24N6O2/c1-14-17(15(2)27-21(25-14)23-13-24-27)8-9-19(28)26-11-5-6-16(12-26)20(29)18-7-3-4-10-22-18/h3-4,7,10,13,16H,5-6,8-9,11-12H2,1-2H3. The van der Waals surface area contributed by atoms with Crippen LogP contribution in [0.5, 0.6) is 0 Å². The van der Waals surface area contributed by atoms with Gasteiger partial charge in [0.1, 0.15) is 12.0 Å². The van der Waals surface area contributed by atoms with Crippen molar-refractivity contribution in [3.8, 4) is 0 Å². The Kier molecular flexibility index (Phi) is 5.33. The summed E-state index contributed by atoms with van der Waals surface area (Å²) in [5.41, 5.74) is 3.33. The van der Waals surface area contributed by atoms with Gasteiger partial charge in [-0.15, -0.1) is 0 Å². The van der Waals surface area contributed by atoms with Crippen LogP contribution in [-0.2, 0) is 11.2 Å². The van der Waals surface area contributed by atoms with Gasteiger partial charge in [-0.05, 0) is 50.8 Å². The van der Waals surface area contributed by atoms with E-state index >= 15 is 0 Å². The number of hydrogen-bond donors (Lipinski definition) is 0. The van der Waals surface area contributed by atoms with E-state index in [1.165, 1.54) is 6.33 Å². The number of aromatic nitrogens is 5. The maximum atomic E-state index is 12.9. The van der Waals surface area contributed by atoms with E-state index in [0.29, 0.717) is 37.4 Å². The zero-order valence-corrected chi connectivity index (χ0v) is 16.7. The summed E-state index contributed by atoms with van der Waals surface area (Å²) in [7, 11) is 0. The monoisotopic (exact) mass is 392 g/mol. The molecule has 0 aliphatic carbocycles. The smallest absolute Gasteiger partial charge is 0.252 e. The van der Waals surface area contributed by atoms with Gasteiger partial charge in [-0.1, -0.05) is 6.07 Å². The van der Waals surface area contributed by atoms with Crippen LogP contribution in [0.3, 0.4) is 0 Å². The van der Waals surface area contributed by atoms with Crippen LogP contribution >= 0.6 is 0 Å². The molecular formula is C21H24N6O2. The van der Waals surface area contributed by atoms with Gasteiger partial charge in [0.15, 0.2) is 5.78 Å². The summed E-state index contributed by atoms with van der Waals surface area (Å²) >= 11 is 0. The first kappa shape index (κ1) is 19.2. The maximum Gasteiger partial charge on any atom is 0.252 e. The quantitative estimate of drug-likeness (QED) is 0.618. The van der Waals surface area contributed by atoms with Gasteiger partial charge >= 0.3 is 0 Å². The van der Waals surface area contributed by atoms with Crippen molar-refractivity contribution in [2.75, 3.05) is 13.1 Å². The van der Waals surface area contributed by atoms with Gasteiger partial charge in [0.2, 0.25) is 5.91 Å². The fourth-order valence-electron chi connectivity index (χ4n) is 4.04. The molecule has 4 heterocycles. The van der Waals surface area contributed by atoms with Gasteiger partial charge in [0, 0.05) is 43.0 Å². The van der Waals surface area contributed by atoms with Crippen LogP contribution in [0.25, 0.3) is 5.78 Å². The van der Waals surface area contributed by atoms with E-state index in [4.69, 9.17) is 0 Å². The van der Waals surface area contributed by atoms with Crippen LogP contribution in [0, 0.1) is 19.8 Å². The summed E-state index contributed by atoms with van der Waals surface area (Å²) < 4.78 is 1.70. The predicted molar refractivity (Wildman–Crippen MR) is 106 cm³/mol. The lowest BCUT2D eigenvalue weighted by atomic mass is 9.91. The highest BCUT2D eigenvalue weighted by molar-refractivity contribution is 5.96. The van der Waals surface area contributed by atoms with Crippen molar-refractivity contribution in [3.63, 3.8) is 0 Å². The third-order valence-corrected chi connectivity index (χ3v) is 5.64. The molecule has 1 atom stereocenters. The zero-order chi connectivity index (χ0) is 20.4. The summed E-state index contributed by atoms with van der Waals surface area (Å²) in [6.45, 7) is 5.07. The van der Waals surface area contributed by atoms with Crippen LogP contribution in [-0.4, -0.2) is 54.2 Å². The number of nitrogens with zero attached hydrogens (tertiary/aromatic N) is 6. The van der Waals surface area contributed by atoms with Crippen LogP contribution in [0.2, 0.25) is 0 Å². The average molecular weight is 392 g/mol. The van der Waals surface area contributed by atoms with Crippen LogP contribution in [0.4, 0.5) is 0 Å². The van der Waals surface area contributed by atoms with Gasteiger partial charge in [-0.25, -0.2) is 9.50 Å². The number of amides is 1. The molecule has 150 valence electrons. The van der Waals surface area contributed by atoms with E-state index in [-0.39, 0.29) is 17.6 Å². The number of hydrogen-bond acceptors (Lipinski definition) is 6. The third-order valence-electron chi connectivity index (χ3n) is 5.64. The van der Waals surface area contributed by atoms with E-state index in [9.17, 15) is 9.59 Å². The number of fused-ring (bicyclic) bond motifs is 1. The Morgan fingerprint density at radius 2 is 2.07 bits per heavy atom. The zero-order valence-electron chi connectivity index (χ0n) is 16.7. The molecule has 0 N–H and O–H groups in total. The number of pyridine rings is 1. The molecule has 1 aliphatic rings. The first-order chi connectivity index (χ1) is 14.0. The van der Waals surface area contributed by atoms with E-state index in [1.54, 1.807) is 22.8 Å². The van der Waals surface area contributed by atoms with Crippen molar-refractivity contribution in [2.45, 2.75) is 39.5 Å². The van der Waals surface area contributed by atoms with Crippen LogP contribution in [0.1, 0.15) is 46.7 Å². The van der Waals surface area contributed by atoms with Crippen molar-refractivity contribution in [1.82, 2.24) is 29.5 Å². The SMILES string of the molecule is Cc1nc2ncnn2c(C)c1CCC(=O)N1CCCC(C(=O)c2ccccn2)C1. The minimum atomic E-state index is -0.181. The number of ketones is 1. The highest BCUT2D eigenvalue weighted by atomic mass is 16.2. The fourth-order valence-corrected chi connectivity index (χ4v) is 4.04. The maximum absolute atomic E-state index is 12.9. The third kappa shape index (κ3) is 3.87. The number of carbonyl (C=O) groups is 2. The minimum Gasteiger partial charge on any atom is -0.342 e. The van der Waals surface area contributed by atoms with E-state index < -0.39 is 0 Å². The predicted octanol–water partition coefficient (Wildman–Crippen LogP) is 2.19. The summed E-state index contributed by atoms with van der Waals surface area (Å²) in [5.74, 6) is 0.484. The fraction of sp³-hybridized carbons (Fsp3) is 0.429. The lowest BCUT2D eigenvalue weighted by molar-refractivity contribution is -0.132. The van der Waals surface area contributed by atoms with Gasteiger partial charge in [-0.3, -0.25) is 14.6 Å².